The lowest BCUT2D eigenvalue weighted by Crippen LogP contribution is -2.45. The van der Waals surface area contributed by atoms with E-state index in [1.165, 1.54) is 7.11 Å². The van der Waals surface area contributed by atoms with Gasteiger partial charge in [0, 0.05) is 12.5 Å². The van der Waals surface area contributed by atoms with Crippen molar-refractivity contribution >= 4 is 11.9 Å². The van der Waals surface area contributed by atoms with Crippen LogP contribution in [0.15, 0.2) is 0 Å². The third kappa shape index (κ3) is 4.00. The average Bonchev–Trinajstić information content (AvgIpc) is 2.90. The Hall–Kier alpha value is -1.61. The van der Waals surface area contributed by atoms with Gasteiger partial charge in [-0.05, 0) is 19.8 Å². The molecule has 1 aliphatic heterocycles. The topological polar surface area (TPSA) is 88.4 Å². The van der Waals surface area contributed by atoms with Crippen LogP contribution in [0.3, 0.4) is 0 Å². The lowest BCUT2D eigenvalue weighted by Gasteiger charge is -2.19. The van der Waals surface area contributed by atoms with Crippen LogP contribution in [0.1, 0.15) is 19.8 Å². The van der Waals surface area contributed by atoms with Crippen molar-refractivity contribution in [2.45, 2.75) is 25.8 Å². The number of esters is 1. The van der Waals surface area contributed by atoms with Crippen LogP contribution in [0.2, 0.25) is 0 Å². The highest BCUT2D eigenvalue weighted by molar-refractivity contribution is 5.85. The summed E-state index contributed by atoms with van der Waals surface area (Å²) in [6.07, 6.45) is 0.913. The first-order valence-corrected chi connectivity index (χ1v) is 5.94. The molecule has 0 saturated carbocycles. The molecule has 100 valence electrons. The summed E-state index contributed by atoms with van der Waals surface area (Å²) in [4.78, 5) is 23.4. The molecule has 0 radical (unpaired) electrons. The molecular weight excluding hydrogens is 236 g/mol. The third-order valence-electron chi connectivity index (χ3n) is 2.91. The molecule has 0 bridgehead atoms. The number of hydrogen-bond acceptors (Lipinski definition) is 5. The van der Waals surface area contributed by atoms with Gasteiger partial charge in [-0.25, -0.2) is 4.79 Å². The molecule has 1 N–H and O–H groups in total. The fourth-order valence-electron chi connectivity index (χ4n) is 1.79. The monoisotopic (exact) mass is 254 g/mol. The molecule has 1 fully saturated rings. The molecule has 0 spiro atoms. The molecule has 1 aliphatic rings. The van der Waals surface area contributed by atoms with Crippen molar-refractivity contribution in [3.05, 3.63) is 0 Å². The molecule has 1 rings (SSSR count). The Morgan fingerprint density at radius 1 is 1.61 bits per heavy atom. The summed E-state index contributed by atoms with van der Waals surface area (Å²) in [7, 11) is 1.26. The number of carbonyl (C=O) groups excluding carboxylic acids is 2. The Kier molecular flexibility index (Phi) is 5.59. The van der Waals surface area contributed by atoms with Crippen molar-refractivity contribution in [2.75, 3.05) is 20.3 Å². The second-order valence-electron chi connectivity index (χ2n) is 4.41. The van der Waals surface area contributed by atoms with E-state index in [0.717, 1.165) is 0 Å². The summed E-state index contributed by atoms with van der Waals surface area (Å²) in [6, 6.07) is 1.27. The third-order valence-corrected chi connectivity index (χ3v) is 2.91. The Morgan fingerprint density at radius 3 is 2.83 bits per heavy atom. The first kappa shape index (κ1) is 14.5. The molecular formula is C12H18N2O4. The van der Waals surface area contributed by atoms with Gasteiger partial charge < -0.3 is 14.8 Å². The molecule has 6 nitrogen and oxygen atoms in total. The van der Waals surface area contributed by atoms with E-state index in [0.29, 0.717) is 19.6 Å². The summed E-state index contributed by atoms with van der Waals surface area (Å²) in [5.41, 5.74) is 0. The summed E-state index contributed by atoms with van der Waals surface area (Å²) in [6.45, 7) is 2.64. The molecule has 0 aromatic rings. The lowest BCUT2D eigenvalue weighted by atomic mass is 10.0. The van der Waals surface area contributed by atoms with E-state index < -0.39 is 12.0 Å². The number of amides is 1. The number of nitrogens with one attached hydrogen (secondary N) is 1. The van der Waals surface area contributed by atoms with Crippen molar-refractivity contribution < 1.29 is 19.1 Å². The van der Waals surface area contributed by atoms with Crippen LogP contribution in [0.4, 0.5) is 0 Å². The molecule has 18 heavy (non-hydrogen) atoms. The SMILES string of the molecule is COC(=O)[C@@H](C[C@@H](C)C#N)NC(=O)[C@H]1CCOC1. The second-order valence-corrected chi connectivity index (χ2v) is 4.41. The van der Waals surface area contributed by atoms with Crippen LogP contribution in [-0.2, 0) is 19.1 Å². The second kappa shape index (κ2) is 6.97. The molecule has 0 aromatic heterocycles. The van der Waals surface area contributed by atoms with E-state index in [-0.39, 0.29) is 24.2 Å². The van der Waals surface area contributed by atoms with Gasteiger partial charge in [-0.1, -0.05) is 0 Å². The maximum Gasteiger partial charge on any atom is 0.328 e. The standard InChI is InChI=1S/C12H18N2O4/c1-8(6-13)5-10(12(16)17-2)14-11(15)9-3-4-18-7-9/h8-10H,3-5,7H2,1-2H3,(H,14,15)/t8-,9+,10-/m1/s1. The van der Waals surface area contributed by atoms with Crippen molar-refractivity contribution in [1.29, 1.82) is 5.26 Å². The highest BCUT2D eigenvalue weighted by Gasteiger charge is 2.29. The van der Waals surface area contributed by atoms with Crippen LogP contribution >= 0.6 is 0 Å². The van der Waals surface area contributed by atoms with Gasteiger partial charge in [0.15, 0.2) is 0 Å². The van der Waals surface area contributed by atoms with Gasteiger partial charge in [0.2, 0.25) is 5.91 Å². The number of hydrogen-bond donors (Lipinski definition) is 1. The van der Waals surface area contributed by atoms with Crippen molar-refractivity contribution in [3.8, 4) is 6.07 Å². The van der Waals surface area contributed by atoms with Crippen LogP contribution in [0.25, 0.3) is 0 Å². The smallest absolute Gasteiger partial charge is 0.328 e. The average molecular weight is 254 g/mol. The molecule has 0 aliphatic carbocycles. The van der Waals surface area contributed by atoms with Gasteiger partial charge in [0.05, 0.1) is 25.7 Å². The number of carbonyl (C=O) groups is 2. The van der Waals surface area contributed by atoms with Gasteiger partial charge in [0.1, 0.15) is 6.04 Å². The van der Waals surface area contributed by atoms with Gasteiger partial charge >= 0.3 is 5.97 Å². The minimum Gasteiger partial charge on any atom is -0.467 e. The minimum absolute atomic E-state index is 0.213. The van der Waals surface area contributed by atoms with Gasteiger partial charge in [-0.3, -0.25) is 4.79 Å². The molecule has 1 amide bonds. The van der Waals surface area contributed by atoms with E-state index >= 15 is 0 Å². The molecule has 6 heteroatoms. The zero-order valence-electron chi connectivity index (χ0n) is 10.6. The Balaban J connectivity index is 2.57. The van der Waals surface area contributed by atoms with Crippen LogP contribution in [0, 0.1) is 23.2 Å². The van der Waals surface area contributed by atoms with E-state index in [1.54, 1.807) is 6.92 Å². The van der Waals surface area contributed by atoms with Crippen molar-refractivity contribution in [3.63, 3.8) is 0 Å². The normalized spacial score (nSPS) is 21.7. The Morgan fingerprint density at radius 2 is 2.33 bits per heavy atom. The summed E-state index contributed by atoms with van der Waals surface area (Å²) < 4.78 is 9.75. The van der Waals surface area contributed by atoms with Gasteiger partial charge in [-0.2, -0.15) is 5.26 Å². The summed E-state index contributed by atoms with van der Waals surface area (Å²) in [5.74, 6) is -1.28. The fraction of sp³-hybridized carbons (Fsp3) is 0.750. The predicted molar refractivity (Wildman–Crippen MR) is 62.3 cm³/mol. The number of nitrogens with zero attached hydrogens (tertiary/aromatic N) is 1. The first-order chi connectivity index (χ1) is 8.58. The Bertz CT molecular complexity index is 344. The molecule has 0 unspecified atom stereocenters. The lowest BCUT2D eigenvalue weighted by molar-refractivity contribution is -0.146. The molecule has 1 heterocycles. The van der Waals surface area contributed by atoms with Crippen molar-refractivity contribution in [2.24, 2.45) is 11.8 Å². The van der Waals surface area contributed by atoms with Crippen LogP contribution in [-0.4, -0.2) is 38.2 Å². The van der Waals surface area contributed by atoms with Crippen LogP contribution < -0.4 is 5.32 Å². The van der Waals surface area contributed by atoms with Crippen molar-refractivity contribution in [1.82, 2.24) is 5.32 Å². The number of nitriles is 1. The van der Waals surface area contributed by atoms with E-state index in [2.05, 4.69) is 10.1 Å². The zero-order valence-corrected chi connectivity index (χ0v) is 10.6. The summed E-state index contributed by atoms with van der Waals surface area (Å²) in [5, 5.41) is 11.4. The maximum absolute atomic E-state index is 11.9. The highest BCUT2D eigenvalue weighted by Crippen LogP contribution is 2.14. The maximum atomic E-state index is 11.9. The van der Waals surface area contributed by atoms with E-state index in [9.17, 15) is 9.59 Å². The first-order valence-electron chi connectivity index (χ1n) is 5.94. The summed E-state index contributed by atoms with van der Waals surface area (Å²) >= 11 is 0. The minimum atomic E-state index is -0.766. The largest absolute Gasteiger partial charge is 0.467 e. The quantitative estimate of drug-likeness (QED) is 0.709. The van der Waals surface area contributed by atoms with E-state index in [4.69, 9.17) is 10.00 Å². The number of ether oxygens (including phenoxy) is 2. The predicted octanol–water partition coefficient (Wildman–Crippen LogP) is 0.230. The number of methoxy groups -OCH3 is 1. The van der Waals surface area contributed by atoms with Crippen LogP contribution in [0.5, 0.6) is 0 Å². The van der Waals surface area contributed by atoms with Gasteiger partial charge in [0.25, 0.3) is 0 Å². The molecule has 3 atom stereocenters. The molecule has 1 saturated heterocycles. The Labute approximate surface area is 106 Å². The molecule has 0 aromatic carbocycles. The highest BCUT2D eigenvalue weighted by atomic mass is 16.5. The van der Waals surface area contributed by atoms with E-state index in [1.807, 2.05) is 6.07 Å². The zero-order chi connectivity index (χ0) is 13.5. The fourth-order valence-corrected chi connectivity index (χ4v) is 1.79. The van der Waals surface area contributed by atoms with Gasteiger partial charge in [-0.15, -0.1) is 0 Å². The number of rotatable bonds is 5.